The molecule has 8 nitrogen and oxygen atoms in total. The van der Waals surface area contributed by atoms with E-state index in [4.69, 9.17) is 9.97 Å². The first-order chi connectivity index (χ1) is 24.2. The van der Waals surface area contributed by atoms with Gasteiger partial charge in [-0.1, -0.05) is 59.8 Å². The van der Waals surface area contributed by atoms with Gasteiger partial charge in [0.05, 0.1) is 52.5 Å². The fourth-order valence-corrected chi connectivity index (χ4v) is 8.77. The first-order valence-electron chi connectivity index (χ1n) is 17.7. The largest absolute Gasteiger partial charge is 0.355 e. The van der Waals surface area contributed by atoms with Gasteiger partial charge in [-0.3, -0.25) is 4.98 Å². The number of H-pyrrole nitrogens is 2. The van der Waals surface area contributed by atoms with Crippen LogP contribution in [0.1, 0.15) is 106 Å². The number of rotatable bonds is 6. The van der Waals surface area contributed by atoms with Gasteiger partial charge >= 0.3 is 0 Å². The summed E-state index contributed by atoms with van der Waals surface area (Å²) in [6.45, 7) is 14.8. The van der Waals surface area contributed by atoms with Crippen molar-refractivity contribution in [2.24, 2.45) is 10.8 Å². The predicted octanol–water partition coefficient (Wildman–Crippen LogP) is 9.27. The highest BCUT2D eigenvalue weighted by atomic mass is 14.9. The van der Waals surface area contributed by atoms with Crippen LogP contribution in [0.15, 0.2) is 42.5 Å². The molecule has 1 unspecified atom stereocenters. The summed E-state index contributed by atoms with van der Waals surface area (Å²) in [5.41, 5.74) is 8.70. The Morgan fingerprint density at radius 3 is 1.40 bits per heavy atom. The van der Waals surface area contributed by atoms with Crippen molar-refractivity contribution in [1.82, 2.24) is 19.9 Å². The molecule has 0 amide bonds. The van der Waals surface area contributed by atoms with Gasteiger partial charge in [-0.15, -0.1) is 0 Å². The molecule has 3 aromatic heterocycles. The highest BCUT2D eigenvalue weighted by Gasteiger charge is 2.72. The standard InChI is InChI=1S/C42H42N8/c1-8-25-26(9-2)33-18-35-29(12-5)30(13-6)37(49-35)20-39-42(16-15-40(21-43,22-44)41(42,23-45)24-46)31(14-7)38(50-39)19-36-28(11-4)27(10-3)34(48-36)17-32(25)47-33/h14-20,48-49H,8-13H2,1-7H3/b31-14+,32-17?,33-18?,34-17?,35-18?,36-19?,37-20?,38-19?,39-20?. The number of fused-ring (bicyclic) bond motifs is 9. The molecule has 0 radical (unpaired) electrons. The van der Waals surface area contributed by atoms with E-state index >= 15 is 0 Å². The minimum Gasteiger partial charge on any atom is -0.355 e. The molecule has 3 aromatic rings. The second-order valence-electron chi connectivity index (χ2n) is 13.1. The van der Waals surface area contributed by atoms with E-state index in [1.165, 1.54) is 22.8 Å². The highest BCUT2D eigenvalue weighted by molar-refractivity contribution is 5.94. The van der Waals surface area contributed by atoms with Gasteiger partial charge in [0.15, 0.2) is 10.8 Å². The fraction of sp³-hybridized carbons (Fsp3) is 0.381. The summed E-state index contributed by atoms with van der Waals surface area (Å²) in [5.74, 6) is 0. The van der Waals surface area contributed by atoms with Crippen molar-refractivity contribution in [2.75, 3.05) is 0 Å². The lowest BCUT2D eigenvalue weighted by molar-refractivity contribution is 0.311. The molecule has 8 heteroatoms. The Morgan fingerprint density at radius 2 is 1.02 bits per heavy atom. The molecular weight excluding hydrogens is 617 g/mol. The smallest absolute Gasteiger partial charge is 0.197 e. The van der Waals surface area contributed by atoms with Gasteiger partial charge in [-0.05, 0) is 109 Å². The average molecular weight is 659 g/mol. The number of aryl methyl sites for hydroxylation is 4. The Bertz CT molecular complexity index is 2340. The fourth-order valence-electron chi connectivity index (χ4n) is 8.77. The molecule has 0 fully saturated rings. The van der Waals surface area contributed by atoms with Crippen molar-refractivity contribution < 1.29 is 0 Å². The van der Waals surface area contributed by atoms with Crippen LogP contribution >= 0.6 is 0 Å². The average Bonchev–Trinajstić information content (AvgIpc) is 3.90. The molecular formula is C42H42N8. The molecule has 2 N–H and O–H groups in total. The van der Waals surface area contributed by atoms with Crippen molar-refractivity contribution in [3.8, 4) is 24.3 Å². The van der Waals surface area contributed by atoms with Crippen molar-refractivity contribution in [2.45, 2.75) is 92.4 Å². The van der Waals surface area contributed by atoms with Gasteiger partial charge in [0, 0.05) is 22.1 Å². The van der Waals surface area contributed by atoms with Crippen LogP contribution in [-0.4, -0.2) is 19.9 Å². The number of nitriles is 4. The minimum absolute atomic E-state index is 0.434. The minimum atomic E-state index is -2.11. The van der Waals surface area contributed by atoms with E-state index < -0.39 is 16.2 Å². The van der Waals surface area contributed by atoms with E-state index in [1.807, 2.05) is 25.1 Å². The van der Waals surface area contributed by atoms with Crippen LogP contribution in [0.5, 0.6) is 0 Å². The number of aromatic nitrogens is 4. The SMILES string of the molecule is C/C=C1\c2cc3[nH]c(cc4nc(cc5[nH]c(cc(n2)C12C=CC(C#N)(C#N)C2(C#N)C#N)c(CC)c5CC)C(CC)=C4CC)c(CC)c3CC. The predicted molar refractivity (Wildman–Crippen MR) is 198 cm³/mol. The van der Waals surface area contributed by atoms with Crippen LogP contribution in [0.2, 0.25) is 0 Å². The summed E-state index contributed by atoms with van der Waals surface area (Å²) >= 11 is 0. The molecule has 2 aliphatic heterocycles. The molecule has 1 aliphatic carbocycles. The van der Waals surface area contributed by atoms with E-state index in [2.05, 4.69) is 87.9 Å². The van der Waals surface area contributed by atoms with Crippen molar-refractivity contribution >= 4 is 38.8 Å². The van der Waals surface area contributed by atoms with Crippen molar-refractivity contribution in [1.29, 1.82) is 21.0 Å². The van der Waals surface area contributed by atoms with Crippen molar-refractivity contribution in [3.05, 3.63) is 87.5 Å². The lowest BCUT2D eigenvalue weighted by atomic mass is 9.54. The van der Waals surface area contributed by atoms with Crippen LogP contribution in [0.4, 0.5) is 0 Å². The topological polar surface area (TPSA) is 153 Å². The second-order valence-corrected chi connectivity index (χ2v) is 13.1. The van der Waals surface area contributed by atoms with Crippen LogP contribution in [0, 0.1) is 56.2 Å². The normalized spacial score (nSPS) is 19.4. The zero-order valence-electron chi connectivity index (χ0n) is 30.0. The molecule has 3 aliphatic rings. The Balaban J connectivity index is 1.90. The number of aromatic amines is 2. The van der Waals surface area contributed by atoms with Gasteiger partial charge in [0.1, 0.15) is 0 Å². The third-order valence-electron chi connectivity index (χ3n) is 11.1. The number of hydrogen-bond acceptors (Lipinski definition) is 6. The molecule has 0 saturated carbocycles. The van der Waals surface area contributed by atoms with E-state index in [-0.39, 0.29) is 0 Å². The zero-order chi connectivity index (χ0) is 36.0. The van der Waals surface area contributed by atoms with Crippen molar-refractivity contribution in [3.63, 3.8) is 0 Å². The molecule has 1 atom stereocenters. The molecule has 0 aromatic carbocycles. The maximum absolute atomic E-state index is 10.9. The number of nitrogens with one attached hydrogen (secondary N) is 2. The van der Waals surface area contributed by atoms with Gasteiger partial charge in [0.25, 0.3) is 0 Å². The van der Waals surface area contributed by atoms with Crippen LogP contribution in [0.3, 0.4) is 0 Å². The van der Waals surface area contributed by atoms with Gasteiger partial charge < -0.3 is 9.97 Å². The van der Waals surface area contributed by atoms with E-state index in [9.17, 15) is 21.0 Å². The first-order valence-corrected chi connectivity index (χ1v) is 17.7. The summed E-state index contributed by atoms with van der Waals surface area (Å²) < 4.78 is 0. The third-order valence-corrected chi connectivity index (χ3v) is 11.1. The molecule has 6 rings (SSSR count). The second kappa shape index (κ2) is 12.6. The summed E-state index contributed by atoms with van der Waals surface area (Å²) in [6, 6.07) is 16.8. The van der Waals surface area contributed by atoms with Gasteiger partial charge in [-0.2, -0.15) is 21.0 Å². The summed E-state index contributed by atoms with van der Waals surface area (Å²) in [5, 5.41) is 42.8. The highest BCUT2D eigenvalue weighted by Crippen LogP contribution is 2.65. The molecule has 8 bridgehead atoms. The van der Waals surface area contributed by atoms with Gasteiger partial charge in [-0.25, -0.2) is 4.98 Å². The Labute approximate surface area is 294 Å². The number of hydrogen-bond donors (Lipinski definition) is 2. The van der Waals surface area contributed by atoms with E-state index in [1.54, 1.807) is 6.08 Å². The number of allylic oxidation sites excluding steroid dienone is 6. The number of nitrogens with zero attached hydrogens (tertiary/aromatic N) is 6. The third kappa shape index (κ3) is 4.32. The maximum atomic E-state index is 10.9. The molecule has 5 heterocycles. The maximum Gasteiger partial charge on any atom is 0.197 e. The summed E-state index contributed by atoms with van der Waals surface area (Å²) in [4.78, 5) is 17.9. The lowest BCUT2D eigenvalue weighted by Crippen LogP contribution is -2.48. The zero-order valence-corrected chi connectivity index (χ0v) is 30.0. The van der Waals surface area contributed by atoms with E-state index in [0.29, 0.717) is 17.0 Å². The summed E-state index contributed by atoms with van der Waals surface area (Å²) in [7, 11) is 0. The van der Waals surface area contributed by atoms with E-state index in [0.717, 1.165) is 88.7 Å². The lowest BCUT2D eigenvalue weighted by Gasteiger charge is -2.38. The van der Waals surface area contributed by atoms with Gasteiger partial charge in [0.2, 0.25) is 0 Å². The van der Waals surface area contributed by atoms with Crippen LogP contribution < -0.4 is 0 Å². The molecule has 250 valence electrons. The Hall–Kier alpha value is -5.70. The summed E-state index contributed by atoms with van der Waals surface area (Å²) in [6.07, 6.45) is 9.82. The first kappa shape index (κ1) is 34.2. The van der Waals surface area contributed by atoms with Crippen LogP contribution in [0.25, 0.3) is 38.8 Å². The Morgan fingerprint density at radius 1 is 0.580 bits per heavy atom. The monoisotopic (exact) mass is 658 g/mol. The Kier molecular flexibility index (Phi) is 8.64. The molecule has 0 saturated heterocycles. The van der Waals surface area contributed by atoms with Crippen LogP contribution in [-0.2, 0) is 31.1 Å². The molecule has 1 spiro atoms. The quantitative estimate of drug-likeness (QED) is 0.252. The molecule has 50 heavy (non-hydrogen) atoms.